The summed E-state index contributed by atoms with van der Waals surface area (Å²) in [7, 11) is 0. The second-order valence-electron chi connectivity index (χ2n) is 8.31. The second kappa shape index (κ2) is 8.11. The monoisotopic (exact) mass is 400 g/mol. The molecule has 3 heterocycles. The van der Waals surface area contributed by atoms with Crippen molar-refractivity contribution in [3.8, 4) is 22.6 Å². The molecule has 4 nitrogen and oxygen atoms in total. The van der Waals surface area contributed by atoms with Gasteiger partial charge in [-0.25, -0.2) is 0 Å². The minimum absolute atomic E-state index is 0.431. The van der Waals surface area contributed by atoms with E-state index in [1.165, 1.54) is 40.7 Å². The van der Waals surface area contributed by atoms with Gasteiger partial charge in [0, 0.05) is 30.0 Å². The number of hydrogen-bond donors (Lipinski definition) is 0. The van der Waals surface area contributed by atoms with Crippen molar-refractivity contribution in [2.24, 2.45) is 0 Å². The Morgan fingerprint density at radius 2 is 1.87 bits per heavy atom. The molecule has 4 heteroatoms. The molecule has 0 N–H and O–H groups in total. The van der Waals surface area contributed by atoms with Gasteiger partial charge in [-0.05, 0) is 73.7 Å². The molecule has 0 bridgehead atoms. The molecule has 2 aromatic carbocycles. The normalized spacial score (nSPS) is 18.5. The van der Waals surface area contributed by atoms with Gasteiger partial charge in [-0.3, -0.25) is 9.88 Å². The molecule has 0 unspecified atom stereocenters. The van der Waals surface area contributed by atoms with Gasteiger partial charge >= 0.3 is 0 Å². The molecule has 154 valence electrons. The fraction of sp³-hybridized carbons (Fsp3) is 0.346. The van der Waals surface area contributed by atoms with Gasteiger partial charge in [0.15, 0.2) is 11.5 Å². The van der Waals surface area contributed by atoms with Crippen molar-refractivity contribution >= 4 is 0 Å². The molecule has 0 spiro atoms. The molecule has 1 atom stereocenters. The molecule has 2 aliphatic rings. The molecule has 2 aliphatic heterocycles. The fourth-order valence-corrected chi connectivity index (χ4v) is 4.71. The molecule has 0 radical (unpaired) electrons. The minimum Gasteiger partial charge on any atom is -0.486 e. The summed E-state index contributed by atoms with van der Waals surface area (Å²) in [5.74, 6) is 1.75. The van der Waals surface area contributed by atoms with Crippen molar-refractivity contribution in [3.63, 3.8) is 0 Å². The number of nitrogens with zero attached hydrogens (tertiary/aromatic N) is 2. The highest BCUT2D eigenvalue weighted by Crippen LogP contribution is 2.39. The summed E-state index contributed by atoms with van der Waals surface area (Å²) < 4.78 is 11.5. The number of aryl methyl sites for hydroxylation is 2. The van der Waals surface area contributed by atoms with E-state index in [4.69, 9.17) is 9.47 Å². The van der Waals surface area contributed by atoms with Crippen LogP contribution in [0.5, 0.6) is 11.5 Å². The quantitative estimate of drug-likeness (QED) is 0.581. The number of likely N-dealkylation sites (tertiary alicyclic amines) is 1. The number of benzene rings is 2. The first kappa shape index (κ1) is 19.1. The Balaban J connectivity index is 1.37. The lowest BCUT2D eigenvalue weighted by Crippen LogP contribution is -2.23. The van der Waals surface area contributed by atoms with E-state index < -0.39 is 0 Å². The Morgan fingerprint density at radius 3 is 2.70 bits per heavy atom. The lowest BCUT2D eigenvalue weighted by Gasteiger charge is -2.27. The summed E-state index contributed by atoms with van der Waals surface area (Å²) in [5, 5.41) is 0. The predicted octanol–water partition coefficient (Wildman–Crippen LogP) is 5.47. The average Bonchev–Trinajstić information content (AvgIpc) is 3.23. The molecular formula is C26H28N2O2. The van der Waals surface area contributed by atoms with Crippen LogP contribution in [0.1, 0.15) is 41.3 Å². The number of fused-ring (bicyclic) bond motifs is 1. The second-order valence-corrected chi connectivity index (χ2v) is 8.31. The van der Waals surface area contributed by atoms with Crippen molar-refractivity contribution in [2.45, 2.75) is 39.3 Å². The average molecular weight is 401 g/mol. The summed E-state index contributed by atoms with van der Waals surface area (Å²) in [5.41, 5.74) is 7.59. The van der Waals surface area contributed by atoms with Crippen LogP contribution < -0.4 is 9.47 Å². The maximum absolute atomic E-state index is 5.81. The van der Waals surface area contributed by atoms with Crippen molar-refractivity contribution in [1.29, 1.82) is 0 Å². The number of ether oxygens (including phenoxy) is 2. The molecule has 3 aromatic rings. The maximum Gasteiger partial charge on any atom is 0.161 e. The van der Waals surface area contributed by atoms with Crippen LogP contribution in [0.3, 0.4) is 0 Å². The molecule has 1 saturated heterocycles. The minimum atomic E-state index is 0.431. The summed E-state index contributed by atoms with van der Waals surface area (Å²) in [6.07, 6.45) is 4.27. The van der Waals surface area contributed by atoms with Crippen LogP contribution in [0.25, 0.3) is 11.1 Å². The van der Waals surface area contributed by atoms with E-state index in [0.29, 0.717) is 19.3 Å². The maximum atomic E-state index is 5.81. The zero-order valence-electron chi connectivity index (χ0n) is 17.7. The van der Waals surface area contributed by atoms with Gasteiger partial charge in [-0.1, -0.05) is 30.3 Å². The molecule has 0 amide bonds. The third-order valence-corrected chi connectivity index (χ3v) is 6.35. The van der Waals surface area contributed by atoms with E-state index in [1.807, 2.05) is 12.3 Å². The van der Waals surface area contributed by atoms with Gasteiger partial charge in [-0.15, -0.1) is 0 Å². The van der Waals surface area contributed by atoms with Crippen LogP contribution in [0, 0.1) is 13.8 Å². The molecule has 30 heavy (non-hydrogen) atoms. The first-order valence-electron chi connectivity index (χ1n) is 10.8. The first-order chi connectivity index (χ1) is 14.7. The lowest BCUT2D eigenvalue weighted by atomic mass is 9.98. The topological polar surface area (TPSA) is 34.6 Å². The van der Waals surface area contributed by atoms with Crippen molar-refractivity contribution in [1.82, 2.24) is 9.88 Å². The van der Waals surface area contributed by atoms with Crippen LogP contribution in [0.15, 0.2) is 54.7 Å². The lowest BCUT2D eigenvalue weighted by molar-refractivity contribution is 0.170. The highest BCUT2D eigenvalue weighted by Gasteiger charge is 2.27. The third kappa shape index (κ3) is 3.68. The smallest absolute Gasteiger partial charge is 0.161 e. The zero-order valence-corrected chi connectivity index (χ0v) is 17.7. The van der Waals surface area contributed by atoms with Crippen LogP contribution in [-0.4, -0.2) is 29.6 Å². The Bertz CT molecular complexity index is 1060. The van der Waals surface area contributed by atoms with Crippen LogP contribution in [-0.2, 0) is 6.54 Å². The summed E-state index contributed by atoms with van der Waals surface area (Å²) in [6, 6.07) is 17.9. The molecule has 0 saturated carbocycles. The zero-order chi connectivity index (χ0) is 20.5. The van der Waals surface area contributed by atoms with E-state index in [9.17, 15) is 0 Å². The number of hydrogen-bond acceptors (Lipinski definition) is 4. The van der Waals surface area contributed by atoms with Crippen molar-refractivity contribution in [2.75, 3.05) is 19.8 Å². The number of aromatic nitrogens is 1. The summed E-state index contributed by atoms with van der Waals surface area (Å²) in [4.78, 5) is 7.04. The predicted molar refractivity (Wildman–Crippen MR) is 119 cm³/mol. The number of pyridine rings is 1. The molecule has 1 aromatic heterocycles. The highest BCUT2D eigenvalue weighted by atomic mass is 16.6. The number of rotatable bonds is 4. The summed E-state index contributed by atoms with van der Waals surface area (Å²) >= 11 is 0. The van der Waals surface area contributed by atoms with E-state index in [0.717, 1.165) is 30.3 Å². The van der Waals surface area contributed by atoms with Crippen LogP contribution >= 0.6 is 0 Å². The SMILES string of the molecule is Cc1cc(-c2cccnc2C)ccc1CN1CCC[C@@H]1c1ccc2c(c1)OCCO2. The molecule has 1 fully saturated rings. The van der Waals surface area contributed by atoms with E-state index in [2.05, 4.69) is 66.2 Å². The van der Waals surface area contributed by atoms with Gasteiger partial charge < -0.3 is 9.47 Å². The fourth-order valence-electron chi connectivity index (χ4n) is 4.71. The molecular weight excluding hydrogens is 372 g/mol. The van der Waals surface area contributed by atoms with E-state index in [1.54, 1.807) is 0 Å². The highest BCUT2D eigenvalue weighted by molar-refractivity contribution is 5.66. The first-order valence-corrected chi connectivity index (χ1v) is 10.8. The Labute approximate surface area is 178 Å². The van der Waals surface area contributed by atoms with Gasteiger partial charge in [-0.2, -0.15) is 0 Å². The van der Waals surface area contributed by atoms with Gasteiger partial charge in [0.2, 0.25) is 0 Å². The van der Waals surface area contributed by atoms with Crippen LogP contribution in [0.2, 0.25) is 0 Å². The van der Waals surface area contributed by atoms with Crippen molar-refractivity contribution in [3.05, 3.63) is 77.1 Å². The largest absolute Gasteiger partial charge is 0.486 e. The Kier molecular flexibility index (Phi) is 5.17. The van der Waals surface area contributed by atoms with Crippen LogP contribution in [0.4, 0.5) is 0 Å². The summed E-state index contributed by atoms with van der Waals surface area (Å²) in [6.45, 7) is 7.65. The molecule has 5 rings (SSSR count). The standard InChI is InChI=1S/C26H28N2O2/c1-18-15-20(23-5-3-11-27-19(23)2)7-8-22(18)17-28-12-4-6-24(28)21-9-10-25-26(16-21)30-14-13-29-25/h3,5,7-11,15-16,24H,4,6,12-14,17H2,1-2H3/t24-/m1/s1. The van der Waals surface area contributed by atoms with Gasteiger partial charge in [0.25, 0.3) is 0 Å². The Hall–Kier alpha value is -2.85. The van der Waals surface area contributed by atoms with Crippen molar-refractivity contribution < 1.29 is 9.47 Å². The van der Waals surface area contributed by atoms with Gasteiger partial charge in [0.1, 0.15) is 13.2 Å². The van der Waals surface area contributed by atoms with E-state index in [-0.39, 0.29) is 0 Å². The van der Waals surface area contributed by atoms with E-state index >= 15 is 0 Å². The van der Waals surface area contributed by atoms with Gasteiger partial charge in [0.05, 0.1) is 0 Å². The molecule has 0 aliphatic carbocycles. The Morgan fingerprint density at radius 1 is 1.00 bits per heavy atom. The third-order valence-electron chi connectivity index (χ3n) is 6.35.